The van der Waals surface area contributed by atoms with Crippen molar-refractivity contribution >= 4 is 10.0 Å². The van der Waals surface area contributed by atoms with E-state index in [4.69, 9.17) is 4.52 Å². The van der Waals surface area contributed by atoms with Crippen molar-refractivity contribution in [3.63, 3.8) is 0 Å². The van der Waals surface area contributed by atoms with Gasteiger partial charge in [-0.15, -0.1) is 0 Å². The average Bonchev–Trinajstić information content (AvgIpc) is 3.01. The summed E-state index contributed by atoms with van der Waals surface area (Å²) in [5, 5.41) is 13.6. The molecule has 118 valence electrons. The van der Waals surface area contributed by atoms with Crippen LogP contribution >= 0.6 is 0 Å². The first-order chi connectivity index (χ1) is 10.4. The molecule has 6 nitrogen and oxygen atoms in total. The van der Waals surface area contributed by atoms with Crippen LogP contribution in [0.4, 0.5) is 0 Å². The smallest absolute Gasteiger partial charge is 0.246 e. The van der Waals surface area contributed by atoms with Gasteiger partial charge in [0.2, 0.25) is 10.0 Å². The topological polar surface area (TPSA) is 92.4 Å². The number of rotatable bonds is 4. The maximum atomic E-state index is 12.7. The van der Waals surface area contributed by atoms with E-state index in [-0.39, 0.29) is 17.3 Å². The van der Waals surface area contributed by atoms with Crippen molar-refractivity contribution in [2.45, 2.75) is 37.1 Å². The molecule has 3 rings (SSSR count). The molecule has 1 aromatic carbocycles. The first-order valence-electron chi connectivity index (χ1n) is 7.06. The van der Waals surface area contributed by atoms with E-state index in [2.05, 4.69) is 9.88 Å². The summed E-state index contributed by atoms with van der Waals surface area (Å²) >= 11 is 0. The molecule has 1 heterocycles. The van der Waals surface area contributed by atoms with E-state index in [1.165, 1.54) is 0 Å². The highest BCUT2D eigenvalue weighted by atomic mass is 32.2. The molecule has 0 bridgehead atoms. The molecule has 1 aliphatic carbocycles. The Bertz CT molecular complexity index is 793. The fourth-order valence-electron chi connectivity index (χ4n) is 3.16. The Balaban J connectivity index is 2.05. The van der Waals surface area contributed by atoms with Gasteiger partial charge in [0.15, 0.2) is 5.76 Å². The Hall–Kier alpha value is -1.70. The average molecular weight is 322 g/mol. The number of fused-ring (bicyclic) bond motifs is 1. The molecule has 0 unspecified atom stereocenters. The summed E-state index contributed by atoms with van der Waals surface area (Å²) in [4.78, 5) is 0.0460. The Labute approximate surface area is 129 Å². The molecule has 0 saturated heterocycles. The summed E-state index contributed by atoms with van der Waals surface area (Å²) in [7, 11) is -3.84. The van der Waals surface area contributed by atoms with Crippen LogP contribution in [0.15, 0.2) is 33.7 Å². The van der Waals surface area contributed by atoms with Gasteiger partial charge in [-0.25, -0.2) is 8.42 Å². The number of benzene rings is 1. The predicted molar refractivity (Wildman–Crippen MR) is 79.8 cm³/mol. The maximum absolute atomic E-state index is 12.7. The maximum Gasteiger partial charge on any atom is 0.246 e. The van der Waals surface area contributed by atoms with Gasteiger partial charge < -0.3 is 9.63 Å². The molecule has 0 amide bonds. The third-order valence-corrected chi connectivity index (χ3v) is 5.97. The molecule has 0 saturated carbocycles. The number of nitrogens with one attached hydrogen (secondary N) is 1. The van der Waals surface area contributed by atoms with E-state index in [1.807, 2.05) is 24.3 Å². The molecule has 7 heteroatoms. The predicted octanol–water partition coefficient (Wildman–Crippen LogP) is 1.40. The Morgan fingerprint density at radius 3 is 2.73 bits per heavy atom. The zero-order chi connectivity index (χ0) is 16.0. The van der Waals surface area contributed by atoms with Gasteiger partial charge in [0.1, 0.15) is 10.6 Å². The van der Waals surface area contributed by atoms with Gasteiger partial charge >= 0.3 is 0 Å². The molecule has 2 aromatic rings. The summed E-state index contributed by atoms with van der Waals surface area (Å²) < 4.78 is 33.1. The molecular formula is C15H18N2O4S. The van der Waals surface area contributed by atoms with E-state index in [1.54, 1.807) is 13.8 Å². The zero-order valence-electron chi connectivity index (χ0n) is 12.5. The van der Waals surface area contributed by atoms with Crippen molar-refractivity contribution in [1.82, 2.24) is 9.88 Å². The van der Waals surface area contributed by atoms with Crippen molar-refractivity contribution in [2.75, 3.05) is 6.61 Å². The molecule has 1 aromatic heterocycles. The minimum Gasteiger partial charge on any atom is -0.394 e. The van der Waals surface area contributed by atoms with E-state index >= 15 is 0 Å². The molecule has 1 atom stereocenters. The fraction of sp³-hybridized carbons (Fsp3) is 0.400. The lowest BCUT2D eigenvalue weighted by molar-refractivity contribution is 0.182. The third-order valence-electron chi connectivity index (χ3n) is 4.19. The molecular weight excluding hydrogens is 304 g/mol. The van der Waals surface area contributed by atoms with Gasteiger partial charge in [-0.2, -0.15) is 4.72 Å². The van der Waals surface area contributed by atoms with E-state index in [0.717, 1.165) is 17.5 Å². The summed E-state index contributed by atoms with van der Waals surface area (Å²) in [6.07, 6.45) is 1.24. The number of sulfonamides is 1. The first-order valence-corrected chi connectivity index (χ1v) is 8.54. The Morgan fingerprint density at radius 2 is 2.09 bits per heavy atom. The summed E-state index contributed by atoms with van der Waals surface area (Å²) in [5.74, 6) is 0.240. The lowest BCUT2D eigenvalue weighted by Crippen LogP contribution is -2.47. The number of aliphatic hydroxyl groups is 1. The third kappa shape index (κ3) is 2.25. The lowest BCUT2D eigenvalue weighted by Gasteiger charge is -2.29. The van der Waals surface area contributed by atoms with Gasteiger partial charge in [0.25, 0.3) is 0 Å². The van der Waals surface area contributed by atoms with Crippen molar-refractivity contribution in [3.8, 4) is 0 Å². The van der Waals surface area contributed by atoms with Crippen LogP contribution in [0.3, 0.4) is 0 Å². The van der Waals surface area contributed by atoms with Crippen molar-refractivity contribution < 1.29 is 18.0 Å². The number of hydrogen-bond acceptors (Lipinski definition) is 5. The van der Waals surface area contributed by atoms with E-state index in [9.17, 15) is 13.5 Å². The van der Waals surface area contributed by atoms with Crippen LogP contribution in [0.2, 0.25) is 0 Å². The van der Waals surface area contributed by atoms with Gasteiger partial charge in [-0.1, -0.05) is 29.4 Å². The van der Waals surface area contributed by atoms with Crippen LogP contribution in [-0.4, -0.2) is 25.3 Å². The highest BCUT2D eigenvalue weighted by Crippen LogP contribution is 2.38. The summed E-state index contributed by atoms with van der Waals surface area (Å²) in [6.45, 7) is 2.84. The van der Waals surface area contributed by atoms with Crippen LogP contribution in [0, 0.1) is 13.8 Å². The van der Waals surface area contributed by atoms with E-state index < -0.39 is 15.6 Å². The minimum absolute atomic E-state index is 0.0460. The monoisotopic (exact) mass is 322 g/mol. The standard InChI is InChI=1S/C15H18N2O4S/c1-10-14(11(2)21-16-10)22(19,20)17-15(9-18)8-7-12-5-3-4-6-13(12)15/h3-6,17-18H,7-9H2,1-2H3/t15-/m1/s1. The van der Waals surface area contributed by atoms with Gasteiger partial charge in [-0.05, 0) is 37.8 Å². The van der Waals surface area contributed by atoms with Gasteiger partial charge in [-0.3, -0.25) is 0 Å². The second-order valence-electron chi connectivity index (χ2n) is 5.66. The summed E-state index contributed by atoms with van der Waals surface area (Å²) in [5.41, 5.74) is 1.20. The molecule has 0 spiro atoms. The number of aliphatic hydroxyl groups excluding tert-OH is 1. The van der Waals surface area contributed by atoms with Gasteiger partial charge in [0, 0.05) is 0 Å². The van der Waals surface area contributed by atoms with Crippen molar-refractivity contribution in [1.29, 1.82) is 0 Å². The number of aryl methyl sites for hydroxylation is 3. The Morgan fingerprint density at radius 1 is 1.36 bits per heavy atom. The fourth-order valence-corrected chi connectivity index (χ4v) is 4.89. The molecule has 1 aliphatic rings. The molecule has 22 heavy (non-hydrogen) atoms. The number of hydrogen-bond donors (Lipinski definition) is 2. The van der Waals surface area contributed by atoms with Crippen molar-refractivity contribution in [2.24, 2.45) is 0 Å². The number of nitrogens with zero attached hydrogens (tertiary/aromatic N) is 1. The summed E-state index contributed by atoms with van der Waals surface area (Å²) in [6, 6.07) is 7.57. The van der Waals surface area contributed by atoms with Crippen LogP contribution < -0.4 is 4.72 Å². The normalized spacial score (nSPS) is 21.0. The second-order valence-corrected chi connectivity index (χ2v) is 7.28. The lowest BCUT2D eigenvalue weighted by atomic mass is 9.94. The highest BCUT2D eigenvalue weighted by Gasteiger charge is 2.42. The second kappa shape index (κ2) is 5.19. The van der Waals surface area contributed by atoms with Gasteiger partial charge in [0.05, 0.1) is 12.1 Å². The van der Waals surface area contributed by atoms with Crippen molar-refractivity contribution in [3.05, 3.63) is 46.8 Å². The highest BCUT2D eigenvalue weighted by molar-refractivity contribution is 7.89. The van der Waals surface area contributed by atoms with E-state index in [0.29, 0.717) is 12.1 Å². The molecule has 0 fully saturated rings. The van der Waals surface area contributed by atoms with Crippen LogP contribution in [0.5, 0.6) is 0 Å². The minimum atomic E-state index is -3.84. The number of aromatic nitrogens is 1. The van der Waals surface area contributed by atoms with Crippen LogP contribution in [0.25, 0.3) is 0 Å². The molecule has 2 N–H and O–H groups in total. The zero-order valence-corrected chi connectivity index (χ0v) is 13.3. The SMILES string of the molecule is Cc1noc(C)c1S(=O)(=O)N[C@@]1(CO)CCc2ccccc21. The quantitative estimate of drug-likeness (QED) is 0.888. The molecule has 0 aliphatic heterocycles. The van der Waals surface area contributed by atoms with Crippen LogP contribution in [-0.2, 0) is 22.0 Å². The Kier molecular flexibility index (Phi) is 3.58. The first kappa shape index (κ1) is 15.2. The molecule has 0 radical (unpaired) electrons. The van der Waals surface area contributed by atoms with Crippen LogP contribution in [0.1, 0.15) is 29.0 Å². The largest absolute Gasteiger partial charge is 0.394 e.